The van der Waals surface area contributed by atoms with E-state index in [2.05, 4.69) is 0 Å². The van der Waals surface area contributed by atoms with Crippen LogP contribution in [0.4, 0.5) is 12.9 Å². The topological polar surface area (TPSA) is 3.24 Å². The number of hydrogen-bond donors (Lipinski definition) is 0. The number of piperidine rings is 1. The summed E-state index contributed by atoms with van der Waals surface area (Å²) in [5.74, 6) is -0.330. The van der Waals surface area contributed by atoms with Crippen LogP contribution in [0.25, 0.3) is 0 Å². The van der Waals surface area contributed by atoms with Crippen molar-refractivity contribution >= 4 is 6.98 Å². The number of hydrogen-bond acceptors (Lipinski definition) is 1. The molecule has 88 valence electrons. The molecule has 2 aliphatic rings. The van der Waals surface area contributed by atoms with E-state index >= 15 is 0 Å². The molecule has 1 nitrogen and oxygen atoms in total. The van der Waals surface area contributed by atoms with Crippen LogP contribution in [0.2, 0.25) is 5.82 Å². The molecule has 15 heavy (non-hydrogen) atoms. The minimum absolute atomic E-state index is 0.264. The molecule has 0 aromatic heterocycles. The minimum Gasteiger partial charge on any atom is -0.449 e. The third kappa shape index (κ3) is 2.89. The maximum atomic E-state index is 12.6. The van der Waals surface area contributed by atoms with Gasteiger partial charge in [-0.3, -0.25) is 0 Å². The molecule has 1 aliphatic heterocycles. The van der Waals surface area contributed by atoms with Crippen molar-refractivity contribution in [2.75, 3.05) is 19.6 Å². The van der Waals surface area contributed by atoms with Gasteiger partial charge in [0.2, 0.25) is 0 Å². The van der Waals surface area contributed by atoms with Gasteiger partial charge < -0.3 is 17.8 Å². The van der Waals surface area contributed by atoms with Crippen molar-refractivity contribution in [2.24, 2.45) is 5.92 Å². The molecule has 0 radical (unpaired) electrons. The van der Waals surface area contributed by atoms with Gasteiger partial charge in [-0.2, -0.15) is 0 Å². The highest BCUT2D eigenvalue weighted by Crippen LogP contribution is 2.36. The van der Waals surface area contributed by atoms with Crippen LogP contribution in [0.3, 0.4) is 0 Å². The van der Waals surface area contributed by atoms with Crippen molar-refractivity contribution < 1.29 is 12.9 Å². The molecule has 0 amide bonds. The summed E-state index contributed by atoms with van der Waals surface area (Å²) in [6.45, 7) is -2.57. The summed E-state index contributed by atoms with van der Waals surface area (Å²) in [5, 5.41) is 0. The standard InChI is InChI=1S/C10H18BF3N/c12-11(13,14)10-5-2-6-15(8-10)7-9-3-1-4-9/h9-10H,1-8H2/q-1. The van der Waals surface area contributed by atoms with E-state index in [0.29, 0.717) is 12.3 Å². The van der Waals surface area contributed by atoms with Gasteiger partial charge >= 0.3 is 6.98 Å². The fourth-order valence-electron chi connectivity index (χ4n) is 2.61. The van der Waals surface area contributed by atoms with E-state index in [9.17, 15) is 12.9 Å². The van der Waals surface area contributed by atoms with Crippen LogP contribution in [0.15, 0.2) is 0 Å². The first kappa shape index (κ1) is 11.3. The maximum absolute atomic E-state index is 12.6. The third-order valence-electron chi connectivity index (χ3n) is 3.82. The Morgan fingerprint density at radius 1 is 1.07 bits per heavy atom. The fourth-order valence-corrected chi connectivity index (χ4v) is 2.61. The highest BCUT2D eigenvalue weighted by atomic mass is 19.4. The molecule has 0 aromatic carbocycles. The van der Waals surface area contributed by atoms with Gasteiger partial charge in [-0.1, -0.05) is 18.7 Å². The van der Waals surface area contributed by atoms with Gasteiger partial charge in [-0.25, -0.2) is 0 Å². The Bertz CT molecular complexity index is 215. The number of rotatable bonds is 3. The number of halogens is 3. The second-order valence-corrected chi connectivity index (χ2v) is 5.08. The van der Waals surface area contributed by atoms with E-state index < -0.39 is 12.8 Å². The lowest BCUT2D eigenvalue weighted by Gasteiger charge is -2.40. The van der Waals surface area contributed by atoms with Crippen LogP contribution < -0.4 is 0 Å². The first-order valence-corrected chi connectivity index (χ1v) is 5.98. The van der Waals surface area contributed by atoms with Crippen molar-refractivity contribution in [3.63, 3.8) is 0 Å². The van der Waals surface area contributed by atoms with Crippen LogP contribution in [0.5, 0.6) is 0 Å². The molecule has 0 aromatic rings. The Morgan fingerprint density at radius 3 is 2.33 bits per heavy atom. The van der Waals surface area contributed by atoms with Gasteiger partial charge in [-0.15, -0.1) is 0 Å². The Hall–Kier alpha value is -0.185. The first-order chi connectivity index (χ1) is 7.05. The fraction of sp³-hybridized carbons (Fsp3) is 1.00. The summed E-state index contributed by atoms with van der Waals surface area (Å²) in [5.41, 5.74) is 0. The van der Waals surface area contributed by atoms with Crippen molar-refractivity contribution in [3.05, 3.63) is 0 Å². The molecular weight excluding hydrogens is 202 g/mol. The molecular formula is C10H18BF3N-. The molecule has 1 unspecified atom stereocenters. The number of nitrogens with zero attached hydrogens (tertiary/aromatic N) is 1. The Labute approximate surface area is 89.1 Å². The van der Waals surface area contributed by atoms with Crippen molar-refractivity contribution in [3.8, 4) is 0 Å². The van der Waals surface area contributed by atoms with Gasteiger partial charge in [0.1, 0.15) is 0 Å². The van der Waals surface area contributed by atoms with E-state index in [1.807, 2.05) is 4.90 Å². The zero-order chi connectivity index (χ0) is 10.9. The van der Waals surface area contributed by atoms with Crippen LogP contribution in [-0.2, 0) is 0 Å². The smallest absolute Gasteiger partial charge is 0.449 e. The van der Waals surface area contributed by atoms with Crippen LogP contribution in [-0.4, -0.2) is 31.5 Å². The van der Waals surface area contributed by atoms with Crippen molar-refractivity contribution in [2.45, 2.75) is 37.9 Å². The normalized spacial score (nSPS) is 30.2. The second-order valence-electron chi connectivity index (χ2n) is 5.08. The lowest BCUT2D eigenvalue weighted by atomic mass is 9.68. The molecule has 1 aliphatic carbocycles. The van der Waals surface area contributed by atoms with Crippen LogP contribution in [0.1, 0.15) is 32.1 Å². The van der Waals surface area contributed by atoms with E-state index in [-0.39, 0.29) is 6.54 Å². The van der Waals surface area contributed by atoms with Gasteiger partial charge in [0.05, 0.1) is 0 Å². The highest BCUT2D eigenvalue weighted by Gasteiger charge is 2.37. The summed E-state index contributed by atoms with van der Waals surface area (Å²) >= 11 is 0. The molecule has 1 heterocycles. The summed E-state index contributed by atoms with van der Waals surface area (Å²) in [7, 11) is 0. The zero-order valence-corrected chi connectivity index (χ0v) is 8.97. The van der Waals surface area contributed by atoms with Gasteiger partial charge in [-0.05, 0) is 38.3 Å². The summed E-state index contributed by atoms with van der Waals surface area (Å²) in [4.78, 5) is 2.03. The average molecular weight is 220 g/mol. The minimum atomic E-state index is -4.62. The lowest BCUT2D eigenvalue weighted by molar-refractivity contribution is 0.146. The predicted molar refractivity (Wildman–Crippen MR) is 55.8 cm³/mol. The Balaban J connectivity index is 1.81. The van der Waals surface area contributed by atoms with E-state index in [1.165, 1.54) is 19.3 Å². The Kier molecular flexibility index (Phi) is 3.28. The van der Waals surface area contributed by atoms with Gasteiger partial charge in [0.25, 0.3) is 0 Å². The maximum Gasteiger partial charge on any atom is 0.482 e. The molecule has 0 N–H and O–H groups in total. The van der Waals surface area contributed by atoms with Crippen LogP contribution >= 0.6 is 0 Å². The predicted octanol–water partition coefficient (Wildman–Crippen LogP) is 3.10. The molecule has 2 fully saturated rings. The molecule has 0 bridgehead atoms. The summed E-state index contributed by atoms with van der Waals surface area (Å²) < 4.78 is 37.8. The zero-order valence-electron chi connectivity index (χ0n) is 8.97. The quantitative estimate of drug-likeness (QED) is 0.660. The van der Waals surface area contributed by atoms with Crippen molar-refractivity contribution in [1.29, 1.82) is 0 Å². The summed E-state index contributed by atoms with van der Waals surface area (Å²) in [6, 6.07) is 0. The monoisotopic (exact) mass is 220 g/mol. The molecule has 1 saturated carbocycles. The highest BCUT2D eigenvalue weighted by molar-refractivity contribution is 6.60. The second kappa shape index (κ2) is 4.36. The SMILES string of the molecule is F[B-](F)(F)C1CCCN(CC2CCC2)C1. The van der Waals surface area contributed by atoms with Crippen molar-refractivity contribution in [1.82, 2.24) is 4.90 Å². The lowest BCUT2D eigenvalue weighted by Crippen LogP contribution is -2.43. The van der Waals surface area contributed by atoms with E-state index in [4.69, 9.17) is 0 Å². The van der Waals surface area contributed by atoms with E-state index in [1.54, 1.807) is 0 Å². The average Bonchev–Trinajstić information content (AvgIpc) is 2.11. The van der Waals surface area contributed by atoms with Gasteiger partial charge in [0, 0.05) is 6.54 Å². The number of likely N-dealkylation sites (tertiary alicyclic amines) is 1. The first-order valence-electron chi connectivity index (χ1n) is 5.98. The largest absolute Gasteiger partial charge is 0.482 e. The summed E-state index contributed by atoms with van der Waals surface area (Å²) in [6.07, 6.45) is 4.78. The van der Waals surface area contributed by atoms with E-state index in [0.717, 1.165) is 19.5 Å². The molecule has 0 spiro atoms. The van der Waals surface area contributed by atoms with Crippen LogP contribution in [0, 0.1) is 5.92 Å². The molecule has 5 heteroatoms. The molecule has 2 rings (SSSR count). The third-order valence-corrected chi connectivity index (χ3v) is 3.82. The van der Waals surface area contributed by atoms with Gasteiger partial charge in [0.15, 0.2) is 0 Å². The Morgan fingerprint density at radius 2 is 1.80 bits per heavy atom. The molecule has 1 atom stereocenters. The molecule has 1 saturated heterocycles.